The van der Waals surface area contributed by atoms with Gasteiger partial charge in [-0.1, -0.05) is 11.6 Å². The molecule has 1 aromatic heterocycles. The van der Waals surface area contributed by atoms with E-state index in [2.05, 4.69) is 15.6 Å². The van der Waals surface area contributed by atoms with Crippen LogP contribution in [-0.4, -0.2) is 11.0 Å². The van der Waals surface area contributed by atoms with E-state index in [9.17, 15) is 4.79 Å². The third-order valence-electron chi connectivity index (χ3n) is 2.02. The monoisotopic (exact) mass is 267 g/mol. The highest BCUT2D eigenvalue weighted by molar-refractivity contribution is 7.07. The van der Waals surface area contributed by atoms with E-state index >= 15 is 0 Å². The first-order valence-corrected chi connectivity index (χ1v) is 6.23. The van der Waals surface area contributed by atoms with Crippen LogP contribution in [0.1, 0.15) is 5.69 Å². The minimum atomic E-state index is -0.264. The van der Waals surface area contributed by atoms with Crippen LogP contribution in [0, 0.1) is 0 Å². The van der Waals surface area contributed by atoms with Crippen LogP contribution in [0.15, 0.2) is 35.2 Å². The summed E-state index contributed by atoms with van der Waals surface area (Å²) < 4.78 is 0. The van der Waals surface area contributed by atoms with Crippen molar-refractivity contribution in [3.8, 4) is 0 Å². The van der Waals surface area contributed by atoms with Crippen LogP contribution in [0.25, 0.3) is 0 Å². The van der Waals surface area contributed by atoms with E-state index in [0.29, 0.717) is 17.3 Å². The Morgan fingerprint density at radius 3 is 2.76 bits per heavy atom. The maximum absolute atomic E-state index is 11.5. The zero-order valence-corrected chi connectivity index (χ0v) is 10.4. The SMILES string of the molecule is O=C(NCc1cscn1)Nc1ccc(Cl)cc1. The molecule has 0 atom stereocenters. The summed E-state index contributed by atoms with van der Waals surface area (Å²) in [7, 11) is 0. The molecule has 1 aromatic carbocycles. The highest BCUT2D eigenvalue weighted by Gasteiger charge is 2.02. The molecule has 0 saturated heterocycles. The van der Waals surface area contributed by atoms with Crippen molar-refractivity contribution in [2.45, 2.75) is 6.54 Å². The summed E-state index contributed by atoms with van der Waals surface area (Å²) in [6, 6.07) is 6.66. The number of hydrogen-bond acceptors (Lipinski definition) is 3. The van der Waals surface area contributed by atoms with E-state index in [4.69, 9.17) is 11.6 Å². The number of anilines is 1. The number of halogens is 1. The highest BCUT2D eigenvalue weighted by Crippen LogP contribution is 2.13. The molecule has 0 saturated carbocycles. The van der Waals surface area contributed by atoms with E-state index in [0.717, 1.165) is 5.69 Å². The number of amides is 2. The van der Waals surface area contributed by atoms with Crippen LogP contribution in [-0.2, 0) is 6.54 Å². The summed E-state index contributed by atoms with van der Waals surface area (Å²) in [4.78, 5) is 15.6. The van der Waals surface area contributed by atoms with Gasteiger partial charge in [0.2, 0.25) is 0 Å². The van der Waals surface area contributed by atoms with Crippen LogP contribution >= 0.6 is 22.9 Å². The third kappa shape index (κ3) is 3.72. The molecule has 2 aromatic rings. The maximum Gasteiger partial charge on any atom is 0.319 e. The Morgan fingerprint density at radius 2 is 2.12 bits per heavy atom. The molecule has 1 heterocycles. The molecule has 0 aliphatic rings. The summed E-state index contributed by atoms with van der Waals surface area (Å²) in [5.74, 6) is 0. The number of urea groups is 1. The second-order valence-electron chi connectivity index (χ2n) is 3.29. The van der Waals surface area contributed by atoms with Crippen LogP contribution in [0.5, 0.6) is 0 Å². The topological polar surface area (TPSA) is 54.0 Å². The molecule has 88 valence electrons. The average Bonchev–Trinajstić information content (AvgIpc) is 2.83. The van der Waals surface area contributed by atoms with E-state index in [-0.39, 0.29) is 6.03 Å². The van der Waals surface area contributed by atoms with Crippen molar-refractivity contribution in [2.75, 3.05) is 5.32 Å². The Hall–Kier alpha value is -1.59. The Balaban J connectivity index is 1.83. The van der Waals surface area contributed by atoms with Gasteiger partial charge in [0, 0.05) is 16.1 Å². The molecule has 2 amide bonds. The van der Waals surface area contributed by atoms with Crippen molar-refractivity contribution in [3.05, 3.63) is 45.9 Å². The van der Waals surface area contributed by atoms with Crippen molar-refractivity contribution in [1.82, 2.24) is 10.3 Å². The lowest BCUT2D eigenvalue weighted by molar-refractivity contribution is 0.251. The molecule has 0 fully saturated rings. The van der Waals surface area contributed by atoms with Crippen LogP contribution < -0.4 is 10.6 Å². The van der Waals surface area contributed by atoms with Crippen molar-refractivity contribution >= 4 is 34.7 Å². The zero-order valence-electron chi connectivity index (χ0n) is 8.81. The van der Waals surface area contributed by atoms with Crippen LogP contribution in [0.3, 0.4) is 0 Å². The quantitative estimate of drug-likeness (QED) is 0.898. The molecule has 2 N–H and O–H groups in total. The summed E-state index contributed by atoms with van der Waals surface area (Å²) in [6.45, 7) is 0.420. The molecule has 0 aliphatic heterocycles. The van der Waals surface area contributed by atoms with Crippen molar-refractivity contribution < 1.29 is 4.79 Å². The van der Waals surface area contributed by atoms with Gasteiger partial charge in [0.25, 0.3) is 0 Å². The molecule has 0 spiro atoms. The van der Waals surface area contributed by atoms with E-state index in [1.54, 1.807) is 29.8 Å². The lowest BCUT2D eigenvalue weighted by Gasteiger charge is -2.06. The van der Waals surface area contributed by atoms with Gasteiger partial charge in [-0.2, -0.15) is 0 Å². The number of nitrogens with one attached hydrogen (secondary N) is 2. The molecule has 0 bridgehead atoms. The Bertz CT molecular complexity index is 484. The average molecular weight is 268 g/mol. The highest BCUT2D eigenvalue weighted by atomic mass is 35.5. The van der Waals surface area contributed by atoms with Crippen molar-refractivity contribution in [2.24, 2.45) is 0 Å². The first kappa shape index (κ1) is 11.9. The molecule has 0 unspecified atom stereocenters. The Labute approximate surface area is 108 Å². The van der Waals surface area contributed by atoms with Gasteiger partial charge in [0.05, 0.1) is 17.7 Å². The lowest BCUT2D eigenvalue weighted by Crippen LogP contribution is -2.28. The maximum atomic E-state index is 11.5. The first-order chi connectivity index (χ1) is 8.24. The molecule has 6 heteroatoms. The molecular formula is C11H10ClN3OS. The number of rotatable bonds is 3. The molecule has 17 heavy (non-hydrogen) atoms. The molecule has 2 rings (SSSR count). The number of hydrogen-bond donors (Lipinski definition) is 2. The van der Waals surface area contributed by atoms with Gasteiger partial charge in [-0.05, 0) is 24.3 Å². The van der Waals surface area contributed by atoms with Gasteiger partial charge >= 0.3 is 6.03 Å². The number of thiazole rings is 1. The van der Waals surface area contributed by atoms with Gasteiger partial charge < -0.3 is 10.6 Å². The van der Waals surface area contributed by atoms with Crippen molar-refractivity contribution in [1.29, 1.82) is 0 Å². The minimum Gasteiger partial charge on any atom is -0.332 e. The fraction of sp³-hybridized carbons (Fsp3) is 0.0909. The van der Waals surface area contributed by atoms with Crippen LogP contribution in [0.4, 0.5) is 10.5 Å². The third-order valence-corrected chi connectivity index (χ3v) is 2.90. The number of carbonyl (C=O) groups excluding carboxylic acids is 1. The van der Waals surface area contributed by atoms with Gasteiger partial charge in [-0.15, -0.1) is 11.3 Å². The van der Waals surface area contributed by atoms with Gasteiger partial charge in [-0.25, -0.2) is 9.78 Å². The summed E-state index contributed by atoms with van der Waals surface area (Å²) in [5.41, 5.74) is 3.28. The lowest BCUT2D eigenvalue weighted by atomic mass is 10.3. The fourth-order valence-corrected chi connectivity index (χ4v) is 1.89. The predicted octanol–water partition coefficient (Wildman–Crippen LogP) is 3.12. The minimum absolute atomic E-state index is 0.264. The Morgan fingerprint density at radius 1 is 1.35 bits per heavy atom. The number of aromatic nitrogens is 1. The van der Waals surface area contributed by atoms with Crippen LogP contribution in [0.2, 0.25) is 5.02 Å². The standard InChI is InChI=1S/C11H10ClN3OS/c12-8-1-3-9(4-2-8)15-11(16)13-5-10-6-17-7-14-10/h1-4,6-7H,5H2,(H2,13,15,16). The molecular weight excluding hydrogens is 258 g/mol. The first-order valence-electron chi connectivity index (χ1n) is 4.91. The summed E-state index contributed by atoms with van der Waals surface area (Å²) in [5, 5.41) is 7.94. The van der Waals surface area contributed by atoms with Gasteiger partial charge in [-0.3, -0.25) is 0 Å². The summed E-state index contributed by atoms with van der Waals surface area (Å²) in [6.07, 6.45) is 0. The van der Waals surface area contributed by atoms with E-state index < -0.39 is 0 Å². The smallest absolute Gasteiger partial charge is 0.319 e. The zero-order chi connectivity index (χ0) is 12.1. The normalized spacial score (nSPS) is 9.94. The largest absolute Gasteiger partial charge is 0.332 e. The fourth-order valence-electron chi connectivity index (χ4n) is 1.20. The number of benzene rings is 1. The second-order valence-corrected chi connectivity index (χ2v) is 4.45. The number of carbonyl (C=O) groups is 1. The van der Waals surface area contributed by atoms with Crippen molar-refractivity contribution in [3.63, 3.8) is 0 Å². The molecule has 4 nitrogen and oxygen atoms in total. The van der Waals surface area contributed by atoms with E-state index in [1.807, 2.05) is 5.38 Å². The van der Waals surface area contributed by atoms with Gasteiger partial charge in [0.15, 0.2) is 0 Å². The Kier molecular flexibility index (Phi) is 3.95. The number of nitrogens with zero attached hydrogens (tertiary/aromatic N) is 1. The molecule has 0 radical (unpaired) electrons. The summed E-state index contributed by atoms with van der Waals surface area (Å²) >= 11 is 7.24. The van der Waals surface area contributed by atoms with E-state index in [1.165, 1.54) is 11.3 Å². The molecule has 0 aliphatic carbocycles. The predicted molar refractivity (Wildman–Crippen MR) is 69.4 cm³/mol. The second kappa shape index (κ2) is 5.65. The van der Waals surface area contributed by atoms with Gasteiger partial charge in [0.1, 0.15) is 0 Å².